The average molecular weight is 386 g/mol. The van der Waals surface area contributed by atoms with Gasteiger partial charge in [-0.05, 0) is 30.4 Å². The van der Waals surface area contributed by atoms with Crippen LogP contribution < -0.4 is 14.7 Å². The van der Waals surface area contributed by atoms with Crippen molar-refractivity contribution in [3.8, 4) is 11.5 Å². The van der Waals surface area contributed by atoms with Gasteiger partial charge in [0.1, 0.15) is 12.3 Å². The first-order valence-electron chi connectivity index (χ1n) is 9.78. The highest BCUT2D eigenvalue weighted by Gasteiger charge is 2.31. The Morgan fingerprint density at radius 2 is 1.89 bits per heavy atom. The maximum Gasteiger partial charge on any atom is 0.232 e. The van der Waals surface area contributed by atoms with Crippen LogP contribution in [0.3, 0.4) is 0 Å². The fraction of sp³-hybridized carbons (Fsp3) is 0.409. The van der Waals surface area contributed by atoms with Crippen molar-refractivity contribution in [2.45, 2.75) is 46.1 Å². The number of ketones is 1. The molecule has 1 aromatic heterocycles. The summed E-state index contributed by atoms with van der Waals surface area (Å²) in [6.45, 7) is 7.04. The lowest BCUT2D eigenvalue weighted by Crippen LogP contribution is -3.10. The number of rotatable bonds is 9. The fourth-order valence-corrected chi connectivity index (χ4v) is 4.01. The number of thiophene rings is 1. The minimum absolute atomic E-state index is 0.0376. The molecule has 0 fully saturated rings. The van der Waals surface area contributed by atoms with Gasteiger partial charge in [-0.15, -0.1) is 11.3 Å². The van der Waals surface area contributed by atoms with Crippen LogP contribution in [0.2, 0.25) is 0 Å². The maximum absolute atomic E-state index is 12.7. The van der Waals surface area contributed by atoms with Crippen LogP contribution in [0.4, 0.5) is 0 Å². The molecule has 1 N–H and O–H groups in total. The van der Waals surface area contributed by atoms with Gasteiger partial charge in [0.2, 0.25) is 5.78 Å². The molecule has 3 rings (SSSR count). The van der Waals surface area contributed by atoms with Gasteiger partial charge in [0.05, 0.1) is 18.7 Å². The molecule has 0 atom stereocenters. The monoisotopic (exact) mass is 385 g/mol. The Balaban J connectivity index is 1.87. The second-order valence-electron chi connectivity index (χ2n) is 7.01. The summed E-state index contributed by atoms with van der Waals surface area (Å²) >= 11 is 1.55. The third-order valence-corrected chi connectivity index (χ3v) is 5.73. The van der Waals surface area contributed by atoms with Gasteiger partial charge in [-0.2, -0.15) is 0 Å². The summed E-state index contributed by atoms with van der Waals surface area (Å²) in [6.07, 6.45) is 6.29. The largest absolute Gasteiger partial charge is 0.872 e. The van der Waals surface area contributed by atoms with E-state index >= 15 is 0 Å². The van der Waals surface area contributed by atoms with Crippen LogP contribution >= 0.6 is 11.3 Å². The maximum atomic E-state index is 12.7. The molecule has 0 radical (unpaired) electrons. The number of hydrogen-bond donors (Lipinski definition) is 1. The van der Waals surface area contributed by atoms with E-state index in [1.807, 2.05) is 17.5 Å². The van der Waals surface area contributed by atoms with Crippen molar-refractivity contribution in [2.24, 2.45) is 0 Å². The van der Waals surface area contributed by atoms with Crippen LogP contribution in [0.25, 0.3) is 6.08 Å². The molecule has 27 heavy (non-hydrogen) atoms. The summed E-state index contributed by atoms with van der Waals surface area (Å²) < 4.78 is 5.92. The average Bonchev–Trinajstić information content (AvgIpc) is 3.28. The predicted molar refractivity (Wildman–Crippen MR) is 107 cm³/mol. The number of quaternary nitrogens is 1. The number of carbonyl (C=O) groups excluding carboxylic acids is 1. The molecule has 5 heteroatoms. The van der Waals surface area contributed by atoms with Crippen LogP contribution in [0.5, 0.6) is 11.5 Å². The van der Waals surface area contributed by atoms with Gasteiger partial charge in [0.15, 0.2) is 5.76 Å². The van der Waals surface area contributed by atoms with E-state index in [9.17, 15) is 9.90 Å². The minimum Gasteiger partial charge on any atom is -0.872 e. The van der Waals surface area contributed by atoms with Crippen molar-refractivity contribution in [2.75, 3.05) is 13.1 Å². The highest BCUT2D eigenvalue weighted by atomic mass is 32.1. The second-order valence-corrected chi connectivity index (χ2v) is 7.99. The Kier molecular flexibility index (Phi) is 6.69. The Bertz CT molecular complexity index is 803. The van der Waals surface area contributed by atoms with Crippen LogP contribution in [-0.2, 0) is 6.54 Å². The van der Waals surface area contributed by atoms with E-state index in [2.05, 4.69) is 13.8 Å². The van der Waals surface area contributed by atoms with Gasteiger partial charge in [-0.25, -0.2) is 0 Å². The first-order chi connectivity index (χ1) is 13.1. The summed E-state index contributed by atoms with van der Waals surface area (Å²) in [5.74, 6) is 0.608. The molecule has 0 aliphatic carbocycles. The van der Waals surface area contributed by atoms with E-state index in [0.29, 0.717) is 29.2 Å². The normalized spacial score (nSPS) is 14.8. The number of hydrogen-bond acceptors (Lipinski definition) is 4. The number of allylic oxidation sites excluding steroid dienone is 1. The lowest BCUT2D eigenvalue weighted by atomic mass is 10.0. The summed E-state index contributed by atoms with van der Waals surface area (Å²) in [5.41, 5.74) is 1.15. The van der Waals surface area contributed by atoms with Gasteiger partial charge in [-0.1, -0.05) is 44.6 Å². The summed E-state index contributed by atoms with van der Waals surface area (Å²) in [5, 5.41) is 14.5. The standard InChI is InChI=1S/C22H27NO3S/c1-3-5-11-23(12-6-4-2)15-18-19(24)10-9-17-21(25)20(26-22(17)18)14-16-8-7-13-27-16/h7-10,13-14,24H,3-6,11-12,15H2,1-2H3. The third kappa shape index (κ3) is 4.60. The summed E-state index contributed by atoms with van der Waals surface area (Å²) in [7, 11) is 0. The van der Waals surface area contributed by atoms with E-state index < -0.39 is 0 Å². The molecular formula is C22H27NO3S. The van der Waals surface area contributed by atoms with Gasteiger partial charge >= 0.3 is 0 Å². The van der Waals surface area contributed by atoms with E-state index in [1.54, 1.807) is 23.5 Å². The first kappa shape index (κ1) is 19.6. The summed E-state index contributed by atoms with van der Waals surface area (Å²) in [4.78, 5) is 15.1. The number of ether oxygens (including phenoxy) is 1. The fourth-order valence-electron chi connectivity index (χ4n) is 3.36. The molecule has 144 valence electrons. The molecule has 0 saturated carbocycles. The van der Waals surface area contributed by atoms with E-state index in [0.717, 1.165) is 43.6 Å². The molecule has 0 spiro atoms. The number of benzene rings is 1. The SMILES string of the molecule is CCCC[NH+](CCCC)Cc1c([O-])ccc2c1OC(=Cc1cccs1)C2=O. The zero-order valence-electron chi connectivity index (χ0n) is 16.0. The zero-order chi connectivity index (χ0) is 19.2. The van der Waals surface area contributed by atoms with E-state index in [1.165, 1.54) is 11.0 Å². The number of unbranched alkanes of at least 4 members (excludes halogenated alkanes) is 2. The van der Waals surface area contributed by atoms with Crippen LogP contribution in [0, 0.1) is 0 Å². The smallest absolute Gasteiger partial charge is 0.232 e. The summed E-state index contributed by atoms with van der Waals surface area (Å²) in [6, 6.07) is 7.00. The van der Waals surface area contributed by atoms with Crippen molar-refractivity contribution in [3.63, 3.8) is 0 Å². The molecule has 2 heterocycles. The molecule has 4 nitrogen and oxygen atoms in total. The van der Waals surface area contributed by atoms with Crippen LogP contribution in [0.1, 0.15) is 60.3 Å². The lowest BCUT2D eigenvalue weighted by Gasteiger charge is -2.23. The minimum atomic E-state index is -0.136. The molecule has 1 aliphatic heterocycles. The third-order valence-electron chi connectivity index (χ3n) is 4.91. The van der Waals surface area contributed by atoms with Crippen LogP contribution in [-0.4, -0.2) is 18.9 Å². The topological polar surface area (TPSA) is 53.8 Å². The van der Waals surface area contributed by atoms with Crippen molar-refractivity contribution < 1.29 is 19.5 Å². The molecule has 2 aromatic rings. The van der Waals surface area contributed by atoms with Crippen molar-refractivity contribution in [1.29, 1.82) is 0 Å². The van der Waals surface area contributed by atoms with Gasteiger partial charge in [0.25, 0.3) is 0 Å². The van der Waals surface area contributed by atoms with Gasteiger partial charge in [0, 0.05) is 16.5 Å². The number of carbonyl (C=O) groups is 1. The van der Waals surface area contributed by atoms with Gasteiger partial charge < -0.3 is 14.7 Å². The molecule has 0 bridgehead atoms. The second kappa shape index (κ2) is 9.20. The molecule has 0 saturated heterocycles. The molecule has 0 unspecified atom stereocenters. The van der Waals surface area contributed by atoms with Crippen molar-refractivity contribution in [1.82, 2.24) is 0 Å². The Hall–Kier alpha value is -2.11. The van der Waals surface area contributed by atoms with E-state index in [-0.39, 0.29) is 11.5 Å². The van der Waals surface area contributed by atoms with Crippen molar-refractivity contribution >= 4 is 23.2 Å². The Labute approximate surface area is 165 Å². The number of Topliss-reactive ketones (excluding diaryl/α,β-unsaturated/α-hetero) is 1. The van der Waals surface area contributed by atoms with Crippen LogP contribution in [0.15, 0.2) is 35.4 Å². The quantitative estimate of drug-likeness (QED) is 0.673. The highest BCUT2D eigenvalue weighted by molar-refractivity contribution is 7.10. The lowest BCUT2D eigenvalue weighted by molar-refractivity contribution is -0.914. The molecule has 1 aromatic carbocycles. The molecule has 0 amide bonds. The Morgan fingerprint density at radius 1 is 1.15 bits per heavy atom. The molecular weight excluding hydrogens is 358 g/mol. The Morgan fingerprint density at radius 3 is 2.52 bits per heavy atom. The number of fused-ring (bicyclic) bond motifs is 1. The highest BCUT2D eigenvalue weighted by Crippen LogP contribution is 2.38. The molecule has 1 aliphatic rings. The zero-order valence-corrected chi connectivity index (χ0v) is 16.9. The predicted octanol–water partition coefficient (Wildman–Crippen LogP) is 3.42. The van der Waals surface area contributed by atoms with Crippen molar-refractivity contribution in [3.05, 3.63) is 51.4 Å². The number of nitrogens with one attached hydrogen (secondary N) is 1. The van der Waals surface area contributed by atoms with Gasteiger partial charge in [-0.3, -0.25) is 4.79 Å². The first-order valence-corrected chi connectivity index (χ1v) is 10.7. The van der Waals surface area contributed by atoms with E-state index in [4.69, 9.17) is 4.74 Å².